The van der Waals surface area contributed by atoms with Gasteiger partial charge >= 0.3 is 0 Å². The third-order valence-corrected chi connectivity index (χ3v) is 5.44. The number of hydrogen-bond acceptors (Lipinski definition) is 3. The SMILES string of the molecule is C1CSCC(NC2CCN(C3CC3)CC2)C1. The highest BCUT2D eigenvalue weighted by Gasteiger charge is 2.32. The van der Waals surface area contributed by atoms with Crippen LogP contribution in [-0.2, 0) is 0 Å². The molecule has 0 aromatic carbocycles. The lowest BCUT2D eigenvalue weighted by atomic mass is 10.0. The van der Waals surface area contributed by atoms with Gasteiger partial charge in [-0.15, -0.1) is 0 Å². The Bertz CT molecular complexity index is 216. The molecule has 16 heavy (non-hydrogen) atoms. The van der Waals surface area contributed by atoms with Gasteiger partial charge < -0.3 is 10.2 Å². The van der Waals surface area contributed by atoms with Crippen LogP contribution in [-0.4, -0.2) is 47.6 Å². The molecule has 0 amide bonds. The van der Waals surface area contributed by atoms with Gasteiger partial charge in [-0.05, 0) is 57.4 Å². The monoisotopic (exact) mass is 240 g/mol. The van der Waals surface area contributed by atoms with Crippen molar-refractivity contribution in [1.82, 2.24) is 10.2 Å². The van der Waals surface area contributed by atoms with Gasteiger partial charge in [0.2, 0.25) is 0 Å². The Morgan fingerprint density at radius 1 is 0.938 bits per heavy atom. The third kappa shape index (κ3) is 2.93. The van der Waals surface area contributed by atoms with Crippen molar-refractivity contribution in [3.63, 3.8) is 0 Å². The van der Waals surface area contributed by atoms with Crippen LogP contribution in [0.1, 0.15) is 38.5 Å². The highest BCUT2D eigenvalue weighted by Crippen LogP contribution is 2.29. The van der Waals surface area contributed by atoms with Crippen LogP contribution in [0, 0.1) is 0 Å². The van der Waals surface area contributed by atoms with Crippen LogP contribution in [0.5, 0.6) is 0 Å². The van der Waals surface area contributed by atoms with Crippen molar-refractivity contribution in [2.24, 2.45) is 0 Å². The second-order valence-corrected chi connectivity index (χ2v) is 6.77. The van der Waals surface area contributed by atoms with Crippen molar-refractivity contribution in [3.8, 4) is 0 Å². The Morgan fingerprint density at radius 2 is 1.75 bits per heavy atom. The van der Waals surface area contributed by atoms with Crippen molar-refractivity contribution in [1.29, 1.82) is 0 Å². The smallest absolute Gasteiger partial charge is 0.0161 e. The molecule has 1 saturated carbocycles. The number of nitrogens with one attached hydrogen (secondary N) is 1. The summed E-state index contributed by atoms with van der Waals surface area (Å²) >= 11 is 2.13. The molecule has 3 fully saturated rings. The van der Waals surface area contributed by atoms with Gasteiger partial charge in [0, 0.05) is 23.9 Å². The highest BCUT2D eigenvalue weighted by atomic mass is 32.2. The summed E-state index contributed by atoms with van der Waals surface area (Å²) in [5.41, 5.74) is 0. The quantitative estimate of drug-likeness (QED) is 0.813. The summed E-state index contributed by atoms with van der Waals surface area (Å²) in [7, 11) is 0. The minimum absolute atomic E-state index is 0.816. The van der Waals surface area contributed by atoms with Crippen LogP contribution in [0.25, 0.3) is 0 Å². The topological polar surface area (TPSA) is 15.3 Å². The minimum Gasteiger partial charge on any atom is -0.310 e. The van der Waals surface area contributed by atoms with Gasteiger partial charge in [0.25, 0.3) is 0 Å². The van der Waals surface area contributed by atoms with Crippen molar-refractivity contribution in [3.05, 3.63) is 0 Å². The second kappa shape index (κ2) is 5.28. The van der Waals surface area contributed by atoms with Crippen molar-refractivity contribution < 1.29 is 0 Å². The number of thioether (sulfide) groups is 1. The van der Waals surface area contributed by atoms with Crippen LogP contribution in [0.2, 0.25) is 0 Å². The molecule has 1 aliphatic carbocycles. The van der Waals surface area contributed by atoms with E-state index in [4.69, 9.17) is 0 Å². The average Bonchev–Trinajstić information content (AvgIpc) is 3.15. The number of hydrogen-bond donors (Lipinski definition) is 1. The van der Waals surface area contributed by atoms with Crippen LogP contribution in [0.15, 0.2) is 0 Å². The molecule has 0 radical (unpaired) electrons. The van der Waals surface area contributed by atoms with Crippen LogP contribution < -0.4 is 5.32 Å². The lowest BCUT2D eigenvalue weighted by molar-refractivity contribution is 0.183. The first-order valence-electron chi connectivity index (χ1n) is 6.99. The van der Waals surface area contributed by atoms with Crippen LogP contribution in [0.3, 0.4) is 0 Å². The first kappa shape index (κ1) is 11.4. The molecule has 3 rings (SSSR count). The van der Waals surface area contributed by atoms with E-state index in [1.165, 1.54) is 63.1 Å². The van der Waals surface area contributed by atoms with Gasteiger partial charge in [0.1, 0.15) is 0 Å². The molecule has 2 aliphatic heterocycles. The zero-order valence-electron chi connectivity index (χ0n) is 10.2. The molecule has 2 saturated heterocycles. The summed E-state index contributed by atoms with van der Waals surface area (Å²) in [6.45, 7) is 2.70. The van der Waals surface area contributed by atoms with E-state index in [0.717, 1.165) is 18.1 Å². The Labute approximate surface area is 104 Å². The van der Waals surface area contributed by atoms with E-state index < -0.39 is 0 Å². The maximum absolute atomic E-state index is 3.89. The summed E-state index contributed by atoms with van der Waals surface area (Å²) in [5, 5.41) is 3.89. The third-order valence-electron chi connectivity index (χ3n) is 4.22. The van der Waals surface area contributed by atoms with E-state index in [1.807, 2.05) is 0 Å². The fourth-order valence-corrected chi connectivity index (χ4v) is 4.16. The Morgan fingerprint density at radius 3 is 2.38 bits per heavy atom. The summed E-state index contributed by atoms with van der Waals surface area (Å²) < 4.78 is 0. The zero-order chi connectivity index (χ0) is 10.8. The Balaban J connectivity index is 1.39. The standard InChI is InChI=1S/C13H24N2S/c1-2-12(10-16-9-1)14-11-5-7-15(8-6-11)13-3-4-13/h11-14H,1-10H2. The van der Waals surface area contributed by atoms with Gasteiger partial charge in [-0.25, -0.2) is 0 Å². The van der Waals surface area contributed by atoms with E-state index in [2.05, 4.69) is 22.0 Å². The summed E-state index contributed by atoms with van der Waals surface area (Å²) in [4.78, 5) is 2.72. The lowest BCUT2D eigenvalue weighted by Crippen LogP contribution is -2.48. The first-order chi connectivity index (χ1) is 7.92. The van der Waals surface area contributed by atoms with E-state index in [-0.39, 0.29) is 0 Å². The molecule has 0 aromatic heterocycles. The van der Waals surface area contributed by atoms with Crippen molar-refractivity contribution in [2.75, 3.05) is 24.6 Å². The lowest BCUT2D eigenvalue weighted by Gasteiger charge is -2.35. The van der Waals surface area contributed by atoms with E-state index in [0.29, 0.717) is 0 Å². The molecule has 92 valence electrons. The maximum Gasteiger partial charge on any atom is 0.0161 e. The largest absolute Gasteiger partial charge is 0.310 e. The average molecular weight is 240 g/mol. The molecular weight excluding hydrogens is 216 g/mol. The van der Waals surface area contributed by atoms with Gasteiger partial charge in [-0.2, -0.15) is 11.8 Å². The Hall–Kier alpha value is 0.270. The summed E-state index contributed by atoms with van der Waals surface area (Å²) in [6.07, 6.45) is 8.54. The van der Waals surface area contributed by atoms with Crippen molar-refractivity contribution in [2.45, 2.75) is 56.7 Å². The second-order valence-electron chi connectivity index (χ2n) is 5.62. The molecule has 1 unspecified atom stereocenters. The normalized spacial score (nSPS) is 34.1. The van der Waals surface area contributed by atoms with Gasteiger partial charge in [-0.1, -0.05) is 0 Å². The predicted octanol–water partition coefficient (Wildman–Crippen LogP) is 2.10. The predicted molar refractivity (Wildman–Crippen MR) is 71.1 cm³/mol. The summed E-state index contributed by atoms with van der Waals surface area (Å²) in [5.74, 6) is 2.74. The number of nitrogens with zero attached hydrogens (tertiary/aromatic N) is 1. The van der Waals surface area contributed by atoms with Crippen LogP contribution >= 0.6 is 11.8 Å². The molecule has 3 heteroatoms. The molecule has 3 aliphatic rings. The van der Waals surface area contributed by atoms with Gasteiger partial charge in [0.05, 0.1) is 0 Å². The molecule has 0 bridgehead atoms. The summed E-state index contributed by atoms with van der Waals surface area (Å²) in [6, 6.07) is 2.61. The minimum atomic E-state index is 0.816. The fraction of sp³-hybridized carbons (Fsp3) is 1.00. The van der Waals surface area contributed by atoms with E-state index >= 15 is 0 Å². The molecule has 2 heterocycles. The number of likely N-dealkylation sites (tertiary alicyclic amines) is 1. The molecule has 1 N–H and O–H groups in total. The van der Waals surface area contributed by atoms with Crippen LogP contribution in [0.4, 0.5) is 0 Å². The number of piperidine rings is 1. The fourth-order valence-electron chi connectivity index (χ4n) is 3.08. The first-order valence-corrected chi connectivity index (χ1v) is 8.15. The molecular formula is C13H24N2S. The maximum atomic E-state index is 3.89. The molecule has 0 aromatic rings. The Kier molecular flexibility index (Phi) is 3.75. The van der Waals surface area contributed by atoms with Crippen molar-refractivity contribution >= 4 is 11.8 Å². The van der Waals surface area contributed by atoms with E-state index in [1.54, 1.807) is 0 Å². The zero-order valence-corrected chi connectivity index (χ0v) is 11.0. The molecule has 1 atom stereocenters. The number of rotatable bonds is 3. The highest BCUT2D eigenvalue weighted by molar-refractivity contribution is 7.99. The molecule has 2 nitrogen and oxygen atoms in total. The van der Waals surface area contributed by atoms with E-state index in [9.17, 15) is 0 Å². The van der Waals surface area contributed by atoms with Gasteiger partial charge in [0.15, 0.2) is 0 Å². The van der Waals surface area contributed by atoms with Gasteiger partial charge in [-0.3, -0.25) is 0 Å². The molecule has 0 spiro atoms.